The van der Waals surface area contributed by atoms with Gasteiger partial charge in [-0.15, -0.1) is 6.58 Å². The Bertz CT molecular complexity index is 1370. The van der Waals surface area contributed by atoms with E-state index in [1.807, 2.05) is 78.7 Å². The van der Waals surface area contributed by atoms with Gasteiger partial charge in [0.2, 0.25) is 0 Å². The largest absolute Gasteiger partial charge is 0.427 e. The molecule has 3 aromatic rings. The molecule has 6 nitrogen and oxygen atoms in total. The van der Waals surface area contributed by atoms with Crippen LogP contribution in [0.5, 0.6) is 5.75 Å². The summed E-state index contributed by atoms with van der Waals surface area (Å²) in [6.07, 6.45) is 4.51. The molecule has 1 aliphatic heterocycles. The number of esters is 1. The third-order valence-corrected chi connectivity index (χ3v) is 8.61. The van der Waals surface area contributed by atoms with Crippen LogP contribution in [-0.2, 0) is 10.2 Å². The van der Waals surface area contributed by atoms with Crippen LogP contribution in [0.25, 0.3) is 10.8 Å². The van der Waals surface area contributed by atoms with Crippen LogP contribution in [0.3, 0.4) is 0 Å². The van der Waals surface area contributed by atoms with Gasteiger partial charge < -0.3 is 14.7 Å². The van der Waals surface area contributed by atoms with Crippen molar-refractivity contribution in [2.45, 2.75) is 49.7 Å². The monoisotopic (exact) mass is 512 g/mol. The zero-order valence-electron chi connectivity index (χ0n) is 22.2. The molecule has 2 aliphatic rings. The first-order valence-electron chi connectivity index (χ1n) is 13.4. The molecule has 198 valence electrons. The summed E-state index contributed by atoms with van der Waals surface area (Å²) in [5, 5.41) is 14.4. The van der Waals surface area contributed by atoms with Gasteiger partial charge in [-0.2, -0.15) is 0 Å². The van der Waals surface area contributed by atoms with Crippen LogP contribution in [0.1, 0.15) is 48.5 Å². The van der Waals surface area contributed by atoms with E-state index >= 15 is 0 Å². The molecule has 2 fully saturated rings. The summed E-state index contributed by atoms with van der Waals surface area (Å²) in [6, 6.07) is 21.4. The van der Waals surface area contributed by atoms with Crippen LogP contribution in [0.2, 0.25) is 0 Å². The number of fused-ring (bicyclic) bond motifs is 2. The van der Waals surface area contributed by atoms with Crippen LogP contribution >= 0.6 is 0 Å². The van der Waals surface area contributed by atoms with Crippen molar-refractivity contribution in [2.24, 2.45) is 0 Å². The fourth-order valence-electron chi connectivity index (χ4n) is 6.62. The molecule has 1 saturated carbocycles. The number of likely N-dealkylation sites (tertiary alicyclic amines) is 1. The highest BCUT2D eigenvalue weighted by Gasteiger charge is 2.58. The maximum Gasteiger partial charge on any atom is 0.308 e. The zero-order valence-corrected chi connectivity index (χ0v) is 22.2. The van der Waals surface area contributed by atoms with Gasteiger partial charge in [0, 0.05) is 44.1 Å². The summed E-state index contributed by atoms with van der Waals surface area (Å²) in [4.78, 5) is 29.4. The van der Waals surface area contributed by atoms with E-state index in [0.29, 0.717) is 37.1 Å². The summed E-state index contributed by atoms with van der Waals surface area (Å²) >= 11 is 0. The minimum absolute atomic E-state index is 0.0147. The molecule has 38 heavy (non-hydrogen) atoms. The molecule has 3 aromatic carbocycles. The number of aliphatic hydroxyl groups is 1. The molecule has 3 atom stereocenters. The molecule has 1 heterocycles. The molecule has 0 bridgehead atoms. The predicted octanol–water partition coefficient (Wildman–Crippen LogP) is 4.95. The summed E-state index contributed by atoms with van der Waals surface area (Å²) in [5.41, 5.74) is 0.0562. The van der Waals surface area contributed by atoms with E-state index in [1.54, 1.807) is 6.07 Å². The highest BCUT2D eigenvalue weighted by Crippen LogP contribution is 2.53. The second-order valence-corrected chi connectivity index (χ2v) is 10.9. The van der Waals surface area contributed by atoms with Gasteiger partial charge >= 0.3 is 5.97 Å². The fourth-order valence-corrected chi connectivity index (χ4v) is 6.62. The highest BCUT2D eigenvalue weighted by molar-refractivity contribution is 5.98. The normalized spacial score (nSPS) is 25.4. The van der Waals surface area contributed by atoms with E-state index in [-0.39, 0.29) is 17.9 Å². The van der Waals surface area contributed by atoms with Crippen molar-refractivity contribution in [2.75, 3.05) is 26.7 Å². The SMILES string of the molecule is C=CCN1CC[C@@]2(c3cccc(OC(C)=O)c3)C[C@H](N(C)C(=O)c3ccc4ccccc4c3)CC[C@]2(O)C1. The summed E-state index contributed by atoms with van der Waals surface area (Å²) in [6.45, 7) is 7.33. The molecule has 0 unspecified atom stereocenters. The maximum atomic E-state index is 13.7. The van der Waals surface area contributed by atoms with E-state index in [0.717, 1.165) is 35.8 Å². The van der Waals surface area contributed by atoms with E-state index in [4.69, 9.17) is 4.74 Å². The van der Waals surface area contributed by atoms with Crippen LogP contribution in [-0.4, -0.2) is 65.1 Å². The Labute approximate surface area is 224 Å². The average molecular weight is 513 g/mol. The van der Waals surface area contributed by atoms with Gasteiger partial charge in [0.1, 0.15) is 5.75 Å². The van der Waals surface area contributed by atoms with Crippen molar-refractivity contribution in [3.8, 4) is 5.75 Å². The fraction of sp³-hybridized carbons (Fsp3) is 0.375. The first kappa shape index (κ1) is 26.1. The number of ether oxygens (including phenoxy) is 1. The number of β-amino-alcohol motifs (C(OH)–C–C–N with tert-alkyl or cyclic N) is 1. The molecule has 5 rings (SSSR count). The third-order valence-electron chi connectivity index (χ3n) is 8.61. The number of benzene rings is 3. The predicted molar refractivity (Wildman–Crippen MR) is 149 cm³/mol. The van der Waals surface area contributed by atoms with Gasteiger partial charge in [-0.05, 0) is 72.8 Å². The van der Waals surface area contributed by atoms with Crippen molar-refractivity contribution >= 4 is 22.6 Å². The lowest BCUT2D eigenvalue weighted by Crippen LogP contribution is -2.67. The van der Waals surface area contributed by atoms with Gasteiger partial charge in [-0.1, -0.05) is 48.5 Å². The summed E-state index contributed by atoms with van der Waals surface area (Å²) < 4.78 is 5.41. The molecule has 1 aliphatic carbocycles. The Morgan fingerprint density at radius 3 is 2.66 bits per heavy atom. The van der Waals surface area contributed by atoms with Crippen molar-refractivity contribution in [3.05, 3.63) is 90.5 Å². The zero-order chi connectivity index (χ0) is 26.9. The van der Waals surface area contributed by atoms with Gasteiger partial charge in [0.25, 0.3) is 5.91 Å². The highest BCUT2D eigenvalue weighted by atomic mass is 16.5. The molecular formula is C32H36N2O4. The molecule has 1 amide bonds. The van der Waals surface area contributed by atoms with Crippen LogP contribution in [0.15, 0.2) is 79.4 Å². The molecule has 6 heteroatoms. The third kappa shape index (κ3) is 4.74. The average Bonchev–Trinajstić information content (AvgIpc) is 2.91. The molecule has 0 aromatic heterocycles. The lowest BCUT2D eigenvalue weighted by atomic mass is 9.55. The second-order valence-electron chi connectivity index (χ2n) is 10.9. The first-order valence-corrected chi connectivity index (χ1v) is 13.4. The van der Waals surface area contributed by atoms with Gasteiger partial charge in [0.05, 0.1) is 5.60 Å². The van der Waals surface area contributed by atoms with Crippen molar-refractivity contribution in [3.63, 3.8) is 0 Å². The van der Waals surface area contributed by atoms with Crippen LogP contribution in [0.4, 0.5) is 0 Å². The second kappa shape index (κ2) is 10.4. The number of carbonyl (C=O) groups excluding carboxylic acids is 2. The standard InChI is InChI=1S/C32H36N2O4/c1-4-17-34-18-16-31(27-10-7-11-29(20-27)38-23(2)35)21-28(14-15-32(31,37)22-34)33(3)30(36)26-13-12-24-8-5-6-9-25(24)19-26/h4-13,19-20,28,37H,1,14-18,21-22H2,2-3H3/t28-,31+,32+/m1/s1. The quantitative estimate of drug-likeness (QED) is 0.288. The Morgan fingerprint density at radius 2 is 1.89 bits per heavy atom. The topological polar surface area (TPSA) is 70.1 Å². The maximum absolute atomic E-state index is 13.7. The molecule has 0 radical (unpaired) electrons. The Hall–Kier alpha value is -3.48. The van der Waals surface area contributed by atoms with Crippen molar-refractivity contribution in [1.82, 2.24) is 9.80 Å². The lowest BCUT2D eigenvalue weighted by molar-refractivity contribution is -0.132. The molecular weight excluding hydrogens is 476 g/mol. The van der Waals surface area contributed by atoms with E-state index < -0.39 is 11.0 Å². The number of hydrogen-bond donors (Lipinski definition) is 1. The summed E-state index contributed by atoms with van der Waals surface area (Å²) in [7, 11) is 1.88. The molecule has 0 spiro atoms. The van der Waals surface area contributed by atoms with Gasteiger partial charge in [-0.25, -0.2) is 0 Å². The smallest absolute Gasteiger partial charge is 0.308 e. The van der Waals surface area contributed by atoms with E-state index in [9.17, 15) is 14.7 Å². The Morgan fingerprint density at radius 1 is 1.11 bits per heavy atom. The van der Waals surface area contributed by atoms with Crippen LogP contribution in [0, 0.1) is 0 Å². The van der Waals surface area contributed by atoms with E-state index in [2.05, 4.69) is 11.5 Å². The summed E-state index contributed by atoms with van der Waals surface area (Å²) in [5.74, 6) is 0.0833. The van der Waals surface area contributed by atoms with E-state index in [1.165, 1.54) is 6.92 Å². The molecule has 1 N–H and O–H groups in total. The lowest BCUT2D eigenvalue weighted by Gasteiger charge is -2.59. The number of carbonyl (C=O) groups is 2. The minimum atomic E-state index is -0.980. The number of hydrogen-bond acceptors (Lipinski definition) is 5. The number of amides is 1. The van der Waals surface area contributed by atoms with Crippen molar-refractivity contribution < 1.29 is 19.4 Å². The van der Waals surface area contributed by atoms with Crippen LogP contribution < -0.4 is 4.74 Å². The van der Waals surface area contributed by atoms with Gasteiger partial charge in [-0.3, -0.25) is 14.5 Å². The number of nitrogens with zero attached hydrogens (tertiary/aromatic N) is 2. The van der Waals surface area contributed by atoms with Crippen molar-refractivity contribution in [1.29, 1.82) is 0 Å². The first-order chi connectivity index (χ1) is 18.2. The number of rotatable bonds is 6. The number of piperidine rings is 1. The minimum Gasteiger partial charge on any atom is -0.427 e. The Kier molecular flexibility index (Phi) is 7.12. The molecule has 1 saturated heterocycles. The Balaban J connectivity index is 1.48. The van der Waals surface area contributed by atoms with Gasteiger partial charge in [0.15, 0.2) is 0 Å².